The second-order valence-electron chi connectivity index (χ2n) is 7.15. The number of carbonyl (C=O) groups is 1. The molecule has 0 saturated carbocycles. The molecule has 5 heteroatoms. The van der Waals surface area contributed by atoms with E-state index in [-0.39, 0.29) is 5.91 Å². The van der Waals surface area contributed by atoms with Crippen LogP contribution in [0.4, 0.5) is 0 Å². The standard InChI is InChI=1S/C20H28N4O/c1-15-6-3-4-8-18(15)10-9-17-7-5-13-24(14-17)20(25)12-11-19-21-16(2)22-23-19/h3-4,6,8,17H,5,7,9-14H2,1-2H3,(H,21,22,23)/t17-/m0/s1. The number of likely N-dealkylation sites (tertiary alicyclic amines) is 1. The summed E-state index contributed by atoms with van der Waals surface area (Å²) >= 11 is 0. The van der Waals surface area contributed by atoms with Crippen LogP contribution in [0.25, 0.3) is 0 Å². The van der Waals surface area contributed by atoms with Crippen molar-refractivity contribution in [1.29, 1.82) is 0 Å². The van der Waals surface area contributed by atoms with Gasteiger partial charge in [0.05, 0.1) is 0 Å². The summed E-state index contributed by atoms with van der Waals surface area (Å²) in [5.41, 5.74) is 2.80. The van der Waals surface area contributed by atoms with Gasteiger partial charge in [0.15, 0.2) is 5.82 Å². The number of nitrogens with zero attached hydrogens (tertiary/aromatic N) is 3. The molecule has 1 N–H and O–H groups in total. The van der Waals surface area contributed by atoms with Crippen LogP contribution in [0.15, 0.2) is 24.3 Å². The van der Waals surface area contributed by atoms with Gasteiger partial charge in [-0.05, 0) is 56.6 Å². The van der Waals surface area contributed by atoms with E-state index in [1.807, 2.05) is 11.8 Å². The zero-order valence-electron chi connectivity index (χ0n) is 15.3. The normalized spacial score (nSPS) is 17.7. The molecular formula is C20H28N4O. The highest BCUT2D eigenvalue weighted by molar-refractivity contribution is 5.76. The highest BCUT2D eigenvalue weighted by atomic mass is 16.2. The van der Waals surface area contributed by atoms with E-state index < -0.39 is 0 Å². The van der Waals surface area contributed by atoms with Gasteiger partial charge in [0.25, 0.3) is 0 Å². The molecule has 1 atom stereocenters. The first-order chi connectivity index (χ1) is 12.1. The van der Waals surface area contributed by atoms with Crippen LogP contribution >= 0.6 is 0 Å². The molecule has 5 nitrogen and oxygen atoms in total. The van der Waals surface area contributed by atoms with Gasteiger partial charge in [-0.2, -0.15) is 5.10 Å². The van der Waals surface area contributed by atoms with Gasteiger partial charge in [0, 0.05) is 25.9 Å². The molecule has 1 aromatic heterocycles. The quantitative estimate of drug-likeness (QED) is 0.878. The van der Waals surface area contributed by atoms with Gasteiger partial charge in [0.2, 0.25) is 5.91 Å². The minimum atomic E-state index is 0.239. The van der Waals surface area contributed by atoms with E-state index in [1.54, 1.807) is 0 Å². The fourth-order valence-electron chi connectivity index (χ4n) is 3.66. The minimum Gasteiger partial charge on any atom is -0.342 e. The van der Waals surface area contributed by atoms with Crippen LogP contribution < -0.4 is 0 Å². The number of H-pyrrole nitrogens is 1. The predicted octanol–water partition coefficient (Wildman–Crippen LogP) is 3.23. The van der Waals surface area contributed by atoms with Gasteiger partial charge in [-0.1, -0.05) is 24.3 Å². The molecule has 1 aliphatic rings. The van der Waals surface area contributed by atoms with Crippen molar-refractivity contribution in [2.45, 2.75) is 52.4 Å². The summed E-state index contributed by atoms with van der Waals surface area (Å²) in [6, 6.07) is 8.61. The average Bonchev–Trinajstić information content (AvgIpc) is 3.04. The second-order valence-corrected chi connectivity index (χ2v) is 7.15. The molecule has 2 heterocycles. The van der Waals surface area contributed by atoms with Crippen molar-refractivity contribution < 1.29 is 4.79 Å². The summed E-state index contributed by atoms with van der Waals surface area (Å²) in [6.07, 6.45) is 5.74. The molecule has 0 unspecified atom stereocenters. The second kappa shape index (κ2) is 8.28. The number of nitrogens with one attached hydrogen (secondary N) is 1. The van der Waals surface area contributed by atoms with Crippen molar-refractivity contribution in [3.05, 3.63) is 47.0 Å². The summed E-state index contributed by atoms with van der Waals surface area (Å²) in [5, 5.41) is 6.94. The predicted molar refractivity (Wildman–Crippen MR) is 98.2 cm³/mol. The largest absolute Gasteiger partial charge is 0.342 e. The van der Waals surface area contributed by atoms with Crippen molar-refractivity contribution >= 4 is 5.91 Å². The molecule has 134 valence electrons. The van der Waals surface area contributed by atoms with E-state index in [0.717, 1.165) is 44.0 Å². The molecule has 0 radical (unpaired) electrons. The molecule has 1 aromatic carbocycles. The first kappa shape index (κ1) is 17.6. The number of carbonyl (C=O) groups excluding carboxylic acids is 1. The van der Waals surface area contributed by atoms with E-state index in [9.17, 15) is 4.79 Å². The van der Waals surface area contributed by atoms with E-state index in [0.29, 0.717) is 18.8 Å². The van der Waals surface area contributed by atoms with Gasteiger partial charge in [-0.15, -0.1) is 0 Å². The lowest BCUT2D eigenvalue weighted by atomic mass is 9.90. The monoisotopic (exact) mass is 340 g/mol. The van der Waals surface area contributed by atoms with Crippen LogP contribution in [-0.2, 0) is 17.6 Å². The van der Waals surface area contributed by atoms with Crippen molar-refractivity contribution in [1.82, 2.24) is 20.1 Å². The van der Waals surface area contributed by atoms with E-state index >= 15 is 0 Å². The first-order valence-corrected chi connectivity index (χ1v) is 9.32. The van der Waals surface area contributed by atoms with Gasteiger partial charge >= 0.3 is 0 Å². The molecule has 1 aliphatic heterocycles. The summed E-state index contributed by atoms with van der Waals surface area (Å²) in [6.45, 7) is 5.85. The number of aromatic nitrogens is 3. The van der Waals surface area contributed by atoms with E-state index in [2.05, 4.69) is 46.4 Å². The fraction of sp³-hybridized carbons (Fsp3) is 0.550. The number of amides is 1. The molecule has 0 spiro atoms. The average molecular weight is 340 g/mol. The Morgan fingerprint density at radius 1 is 1.28 bits per heavy atom. The van der Waals surface area contributed by atoms with Gasteiger partial charge < -0.3 is 4.90 Å². The van der Waals surface area contributed by atoms with Crippen molar-refractivity contribution in [3.63, 3.8) is 0 Å². The summed E-state index contributed by atoms with van der Waals surface area (Å²) in [5.74, 6) is 2.39. The van der Waals surface area contributed by atoms with Crippen LogP contribution in [-0.4, -0.2) is 39.1 Å². The number of piperidine rings is 1. The number of aromatic amines is 1. The Morgan fingerprint density at radius 2 is 2.12 bits per heavy atom. The number of aryl methyl sites for hydroxylation is 4. The zero-order chi connectivity index (χ0) is 17.6. The number of rotatable bonds is 6. The van der Waals surface area contributed by atoms with Crippen LogP contribution in [0.2, 0.25) is 0 Å². The maximum atomic E-state index is 12.5. The van der Waals surface area contributed by atoms with Gasteiger partial charge in [-0.3, -0.25) is 9.89 Å². The number of hydrogen-bond donors (Lipinski definition) is 1. The van der Waals surface area contributed by atoms with E-state index in [4.69, 9.17) is 0 Å². The summed E-state index contributed by atoms with van der Waals surface area (Å²) < 4.78 is 0. The summed E-state index contributed by atoms with van der Waals surface area (Å²) in [4.78, 5) is 18.8. The zero-order valence-corrected chi connectivity index (χ0v) is 15.3. The Morgan fingerprint density at radius 3 is 2.88 bits per heavy atom. The Labute approximate surface area is 149 Å². The lowest BCUT2D eigenvalue weighted by molar-refractivity contribution is -0.133. The minimum absolute atomic E-state index is 0.239. The van der Waals surface area contributed by atoms with Crippen molar-refractivity contribution in [2.75, 3.05) is 13.1 Å². The number of benzene rings is 1. The maximum Gasteiger partial charge on any atom is 0.223 e. The smallest absolute Gasteiger partial charge is 0.223 e. The molecule has 1 fully saturated rings. The molecule has 0 bridgehead atoms. The highest BCUT2D eigenvalue weighted by Crippen LogP contribution is 2.23. The number of hydrogen-bond acceptors (Lipinski definition) is 3. The lowest BCUT2D eigenvalue weighted by Crippen LogP contribution is -2.40. The third kappa shape index (κ3) is 4.91. The molecule has 1 saturated heterocycles. The topological polar surface area (TPSA) is 61.9 Å². The van der Waals surface area contributed by atoms with Crippen LogP contribution in [0.5, 0.6) is 0 Å². The van der Waals surface area contributed by atoms with Crippen LogP contribution in [0.1, 0.15) is 48.5 Å². The molecule has 1 amide bonds. The molecule has 3 rings (SSSR count). The van der Waals surface area contributed by atoms with Crippen molar-refractivity contribution in [3.8, 4) is 0 Å². The first-order valence-electron chi connectivity index (χ1n) is 9.32. The molecular weight excluding hydrogens is 312 g/mol. The Hall–Kier alpha value is -2.17. The van der Waals surface area contributed by atoms with Gasteiger partial charge in [0.1, 0.15) is 5.82 Å². The Bertz CT molecular complexity index is 709. The highest BCUT2D eigenvalue weighted by Gasteiger charge is 2.23. The SMILES string of the molecule is Cc1nc(CCC(=O)N2CCC[C@@H](CCc3ccccc3C)C2)n[nH]1. The fourth-order valence-corrected chi connectivity index (χ4v) is 3.66. The molecule has 2 aromatic rings. The Balaban J connectivity index is 1.47. The van der Waals surface area contributed by atoms with E-state index in [1.165, 1.54) is 17.5 Å². The maximum absolute atomic E-state index is 12.5. The molecule has 25 heavy (non-hydrogen) atoms. The molecule has 0 aliphatic carbocycles. The third-order valence-corrected chi connectivity index (χ3v) is 5.16. The third-order valence-electron chi connectivity index (χ3n) is 5.16. The van der Waals surface area contributed by atoms with Crippen LogP contribution in [0, 0.1) is 19.8 Å². The Kier molecular flexibility index (Phi) is 5.84. The lowest BCUT2D eigenvalue weighted by Gasteiger charge is -2.33. The van der Waals surface area contributed by atoms with Gasteiger partial charge in [-0.25, -0.2) is 4.98 Å². The summed E-state index contributed by atoms with van der Waals surface area (Å²) in [7, 11) is 0. The van der Waals surface area contributed by atoms with Crippen LogP contribution in [0.3, 0.4) is 0 Å². The van der Waals surface area contributed by atoms with Crippen molar-refractivity contribution in [2.24, 2.45) is 5.92 Å².